The number of rotatable bonds is 5. The molecule has 0 aliphatic rings. The van der Waals surface area contributed by atoms with Crippen LogP contribution in [0.25, 0.3) is 0 Å². The van der Waals surface area contributed by atoms with Crippen LogP contribution in [0.5, 0.6) is 0 Å². The lowest BCUT2D eigenvalue weighted by Crippen LogP contribution is -2.23. The van der Waals surface area contributed by atoms with Gasteiger partial charge in [0, 0.05) is 20.1 Å². The van der Waals surface area contributed by atoms with Gasteiger partial charge in [0.25, 0.3) is 0 Å². The predicted octanol–water partition coefficient (Wildman–Crippen LogP) is 1.34. The number of amides is 1. The van der Waals surface area contributed by atoms with E-state index in [0.717, 1.165) is 5.56 Å². The van der Waals surface area contributed by atoms with Crippen molar-refractivity contribution < 1.29 is 9.53 Å². The van der Waals surface area contributed by atoms with Crippen LogP contribution in [-0.2, 0) is 16.1 Å². The maximum absolute atomic E-state index is 11.2. The van der Waals surface area contributed by atoms with Gasteiger partial charge in [-0.2, -0.15) is 0 Å². The van der Waals surface area contributed by atoms with Crippen molar-refractivity contribution in [2.45, 2.75) is 13.0 Å². The zero-order valence-corrected chi connectivity index (χ0v) is 8.32. The summed E-state index contributed by atoms with van der Waals surface area (Å²) in [7, 11) is 1.59. The first-order valence-corrected chi connectivity index (χ1v) is 4.62. The molecule has 0 atom stereocenters. The van der Waals surface area contributed by atoms with Gasteiger partial charge in [-0.15, -0.1) is 0 Å². The molecule has 14 heavy (non-hydrogen) atoms. The quantitative estimate of drug-likeness (QED) is 0.766. The molecule has 1 rings (SSSR count). The maximum Gasteiger partial charge on any atom is 0.222 e. The second kappa shape index (κ2) is 6.16. The van der Waals surface area contributed by atoms with Gasteiger partial charge < -0.3 is 10.1 Å². The zero-order valence-electron chi connectivity index (χ0n) is 8.32. The summed E-state index contributed by atoms with van der Waals surface area (Å²) in [5, 5.41) is 2.81. The molecule has 0 heterocycles. The molecule has 3 heteroatoms. The van der Waals surface area contributed by atoms with Crippen LogP contribution in [0, 0.1) is 0 Å². The summed E-state index contributed by atoms with van der Waals surface area (Å²) in [6, 6.07) is 9.83. The molecule has 3 nitrogen and oxygen atoms in total. The van der Waals surface area contributed by atoms with E-state index < -0.39 is 0 Å². The Labute approximate surface area is 84.1 Å². The molecule has 0 radical (unpaired) electrons. The highest BCUT2D eigenvalue weighted by molar-refractivity contribution is 5.75. The van der Waals surface area contributed by atoms with Crippen LogP contribution in [0.1, 0.15) is 12.0 Å². The molecule has 0 fully saturated rings. The van der Waals surface area contributed by atoms with E-state index in [4.69, 9.17) is 4.74 Å². The molecular formula is C11H15NO2. The van der Waals surface area contributed by atoms with Crippen LogP contribution in [0.4, 0.5) is 0 Å². The maximum atomic E-state index is 11.2. The molecule has 0 aliphatic carbocycles. The monoisotopic (exact) mass is 193 g/mol. The van der Waals surface area contributed by atoms with Gasteiger partial charge in [-0.25, -0.2) is 0 Å². The standard InChI is InChI=1S/C11H15NO2/c1-14-8-7-11(13)12-9-10-5-3-2-4-6-10/h2-6H,7-9H2,1H3,(H,12,13). The van der Waals surface area contributed by atoms with E-state index in [-0.39, 0.29) is 5.91 Å². The van der Waals surface area contributed by atoms with Gasteiger partial charge in [-0.05, 0) is 5.56 Å². The van der Waals surface area contributed by atoms with E-state index in [0.29, 0.717) is 19.6 Å². The second-order valence-corrected chi connectivity index (χ2v) is 3.01. The third-order valence-corrected chi connectivity index (χ3v) is 1.87. The van der Waals surface area contributed by atoms with Gasteiger partial charge in [0.05, 0.1) is 6.61 Å². The summed E-state index contributed by atoms with van der Waals surface area (Å²) < 4.78 is 4.80. The zero-order chi connectivity index (χ0) is 10.2. The molecule has 0 saturated heterocycles. The average molecular weight is 193 g/mol. The summed E-state index contributed by atoms with van der Waals surface area (Å²) in [6.45, 7) is 1.06. The fourth-order valence-electron chi connectivity index (χ4n) is 1.08. The summed E-state index contributed by atoms with van der Waals surface area (Å²) in [5.41, 5.74) is 1.11. The Morgan fingerprint density at radius 1 is 1.36 bits per heavy atom. The molecule has 1 aromatic rings. The molecule has 0 aliphatic heterocycles. The van der Waals surface area contributed by atoms with E-state index in [2.05, 4.69) is 5.32 Å². The number of carbonyl (C=O) groups is 1. The van der Waals surface area contributed by atoms with Crippen LogP contribution in [-0.4, -0.2) is 19.6 Å². The number of methoxy groups -OCH3 is 1. The minimum absolute atomic E-state index is 0.0238. The minimum Gasteiger partial charge on any atom is -0.384 e. The highest BCUT2D eigenvalue weighted by Crippen LogP contribution is 1.97. The normalized spacial score (nSPS) is 9.79. The lowest BCUT2D eigenvalue weighted by molar-refractivity contribution is -0.122. The highest BCUT2D eigenvalue weighted by atomic mass is 16.5. The average Bonchev–Trinajstić information content (AvgIpc) is 2.25. The van der Waals surface area contributed by atoms with Crippen molar-refractivity contribution in [1.29, 1.82) is 0 Å². The number of carbonyl (C=O) groups excluding carboxylic acids is 1. The summed E-state index contributed by atoms with van der Waals surface area (Å²) >= 11 is 0. The van der Waals surface area contributed by atoms with E-state index in [1.165, 1.54) is 0 Å². The number of hydrogen-bond acceptors (Lipinski definition) is 2. The van der Waals surface area contributed by atoms with Gasteiger partial charge >= 0.3 is 0 Å². The third kappa shape index (κ3) is 4.05. The number of nitrogens with one attached hydrogen (secondary N) is 1. The molecule has 0 unspecified atom stereocenters. The first-order chi connectivity index (χ1) is 6.83. The van der Waals surface area contributed by atoms with E-state index >= 15 is 0 Å². The number of benzene rings is 1. The lowest BCUT2D eigenvalue weighted by Gasteiger charge is -2.04. The number of ether oxygens (including phenoxy) is 1. The molecule has 1 amide bonds. The van der Waals surface area contributed by atoms with Crippen LogP contribution in [0.15, 0.2) is 30.3 Å². The first-order valence-electron chi connectivity index (χ1n) is 4.62. The molecule has 1 N–H and O–H groups in total. The van der Waals surface area contributed by atoms with Crippen molar-refractivity contribution in [3.8, 4) is 0 Å². The Kier molecular flexibility index (Phi) is 4.72. The molecule has 0 aromatic heterocycles. The van der Waals surface area contributed by atoms with Gasteiger partial charge in [0.1, 0.15) is 0 Å². The fraction of sp³-hybridized carbons (Fsp3) is 0.364. The van der Waals surface area contributed by atoms with Gasteiger partial charge in [-0.3, -0.25) is 4.79 Å². The molecule has 0 saturated carbocycles. The third-order valence-electron chi connectivity index (χ3n) is 1.87. The van der Waals surface area contributed by atoms with Crippen molar-refractivity contribution in [1.82, 2.24) is 5.32 Å². The Balaban J connectivity index is 2.24. The highest BCUT2D eigenvalue weighted by Gasteiger charge is 1.99. The fourth-order valence-corrected chi connectivity index (χ4v) is 1.08. The molecule has 0 spiro atoms. The predicted molar refractivity (Wildman–Crippen MR) is 54.8 cm³/mol. The largest absolute Gasteiger partial charge is 0.384 e. The molecule has 76 valence electrons. The van der Waals surface area contributed by atoms with Gasteiger partial charge in [-0.1, -0.05) is 30.3 Å². The Morgan fingerprint density at radius 2 is 2.07 bits per heavy atom. The smallest absolute Gasteiger partial charge is 0.222 e. The van der Waals surface area contributed by atoms with Crippen molar-refractivity contribution in [3.05, 3.63) is 35.9 Å². The van der Waals surface area contributed by atoms with E-state index in [9.17, 15) is 4.79 Å². The van der Waals surface area contributed by atoms with Crippen molar-refractivity contribution >= 4 is 5.91 Å². The Morgan fingerprint density at radius 3 is 2.71 bits per heavy atom. The van der Waals surface area contributed by atoms with Gasteiger partial charge in [0.15, 0.2) is 0 Å². The van der Waals surface area contributed by atoms with Crippen LogP contribution in [0.3, 0.4) is 0 Å². The van der Waals surface area contributed by atoms with Crippen molar-refractivity contribution in [3.63, 3.8) is 0 Å². The summed E-state index contributed by atoms with van der Waals surface area (Å²) in [4.78, 5) is 11.2. The van der Waals surface area contributed by atoms with E-state index in [1.54, 1.807) is 7.11 Å². The molecule has 0 bridgehead atoms. The second-order valence-electron chi connectivity index (χ2n) is 3.01. The van der Waals surface area contributed by atoms with Crippen molar-refractivity contribution in [2.75, 3.05) is 13.7 Å². The van der Waals surface area contributed by atoms with Crippen LogP contribution >= 0.6 is 0 Å². The SMILES string of the molecule is COCCC(=O)NCc1ccccc1. The molecular weight excluding hydrogens is 178 g/mol. The van der Waals surface area contributed by atoms with Gasteiger partial charge in [0.2, 0.25) is 5.91 Å². The van der Waals surface area contributed by atoms with Crippen molar-refractivity contribution in [2.24, 2.45) is 0 Å². The minimum atomic E-state index is 0.0238. The van der Waals surface area contributed by atoms with Crippen LogP contribution < -0.4 is 5.32 Å². The number of hydrogen-bond donors (Lipinski definition) is 1. The topological polar surface area (TPSA) is 38.3 Å². The molecule has 1 aromatic carbocycles. The summed E-state index contributed by atoms with van der Waals surface area (Å²) in [6.07, 6.45) is 0.420. The van der Waals surface area contributed by atoms with E-state index in [1.807, 2.05) is 30.3 Å². The first kappa shape index (κ1) is 10.7. The Hall–Kier alpha value is -1.35. The lowest BCUT2D eigenvalue weighted by atomic mass is 10.2. The summed E-state index contributed by atoms with van der Waals surface area (Å²) in [5.74, 6) is 0.0238. The van der Waals surface area contributed by atoms with Crippen LogP contribution in [0.2, 0.25) is 0 Å². The Bertz CT molecular complexity index is 272.